The highest BCUT2D eigenvalue weighted by Crippen LogP contribution is 2.29. The average molecular weight is 278 g/mol. The summed E-state index contributed by atoms with van der Waals surface area (Å²) in [5.41, 5.74) is 1.15. The van der Waals surface area contributed by atoms with Gasteiger partial charge in [0.15, 0.2) is 11.5 Å². The Hall–Kier alpha value is -1.26. The number of ether oxygens (including phenoxy) is 1. The van der Waals surface area contributed by atoms with Gasteiger partial charge in [0.25, 0.3) is 0 Å². The maximum atomic E-state index is 9.63. The second-order valence-corrected chi connectivity index (χ2v) is 5.81. The summed E-state index contributed by atoms with van der Waals surface area (Å²) in [5, 5.41) is 13.2. The molecule has 1 aliphatic heterocycles. The Kier molecular flexibility index (Phi) is 5.26. The van der Waals surface area contributed by atoms with Gasteiger partial charge in [0.2, 0.25) is 0 Å². The van der Waals surface area contributed by atoms with Crippen LogP contribution in [0.3, 0.4) is 0 Å². The molecule has 20 heavy (non-hydrogen) atoms. The third-order valence-corrected chi connectivity index (χ3v) is 4.25. The fourth-order valence-corrected chi connectivity index (χ4v) is 2.69. The summed E-state index contributed by atoms with van der Waals surface area (Å²) < 4.78 is 5.16. The van der Waals surface area contributed by atoms with E-state index in [9.17, 15) is 5.11 Å². The van der Waals surface area contributed by atoms with E-state index in [1.165, 1.54) is 25.9 Å². The third-order valence-electron chi connectivity index (χ3n) is 4.25. The number of benzene rings is 1. The molecule has 0 saturated carbocycles. The Labute approximate surface area is 121 Å². The second-order valence-electron chi connectivity index (χ2n) is 5.81. The largest absolute Gasteiger partial charge is 0.504 e. The quantitative estimate of drug-likeness (QED) is 0.868. The lowest BCUT2D eigenvalue weighted by atomic mass is 9.96. The van der Waals surface area contributed by atoms with Gasteiger partial charge in [-0.25, -0.2) is 0 Å². The Bertz CT molecular complexity index is 428. The van der Waals surface area contributed by atoms with Gasteiger partial charge in [-0.3, -0.25) is 0 Å². The minimum atomic E-state index is 0.193. The molecule has 1 aliphatic rings. The molecule has 1 aromatic rings. The first kappa shape index (κ1) is 15.1. The lowest BCUT2D eigenvalue weighted by molar-refractivity contribution is 0.213. The highest BCUT2D eigenvalue weighted by molar-refractivity contribution is 5.42. The lowest BCUT2D eigenvalue weighted by Gasteiger charge is -2.30. The van der Waals surface area contributed by atoms with E-state index in [0.717, 1.165) is 18.0 Å². The number of phenolic OH excluding ortho intramolecular Hbond substituents is 1. The lowest BCUT2D eigenvalue weighted by Crippen LogP contribution is -2.35. The van der Waals surface area contributed by atoms with Crippen molar-refractivity contribution in [2.24, 2.45) is 5.92 Å². The van der Waals surface area contributed by atoms with Gasteiger partial charge in [0, 0.05) is 6.04 Å². The smallest absolute Gasteiger partial charge is 0.160 e. The van der Waals surface area contributed by atoms with Gasteiger partial charge < -0.3 is 20.1 Å². The fraction of sp³-hybridized carbons (Fsp3) is 0.625. The molecule has 112 valence electrons. The molecule has 1 unspecified atom stereocenters. The molecule has 2 N–H and O–H groups in total. The number of hydrogen-bond donors (Lipinski definition) is 2. The molecule has 0 aliphatic carbocycles. The molecule has 1 saturated heterocycles. The van der Waals surface area contributed by atoms with Crippen molar-refractivity contribution in [1.82, 2.24) is 10.2 Å². The SMILES string of the molecule is COc1cc(C(C)NCC2CCN(C)CC2)ccc1O. The number of nitrogens with zero attached hydrogens (tertiary/aromatic N) is 1. The summed E-state index contributed by atoms with van der Waals surface area (Å²) in [5.74, 6) is 1.50. The number of phenols is 1. The van der Waals surface area contributed by atoms with Crippen LogP contribution in [0.2, 0.25) is 0 Å². The van der Waals surface area contributed by atoms with Crippen LogP contribution < -0.4 is 10.1 Å². The molecule has 0 radical (unpaired) electrons. The number of piperidine rings is 1. The van der Waals surface area contributed by atoms with Crippen LogP contribution >= 0.6 is 0 Å². The van der Waals surface area contributed by atoms with Crippen molar-refractivity contribution >= 4 is 0 Å². The van der Waals surface area contributed by atoms with Crippen molar-refractivity contribution in [3.8, 4) is 11.5 Å². The molecule has 2 rings (SSSR count). The fourth-order valence-electron chi connectivity index (χ4n) is 2.69. The van der Waals surface area contributed by atoms with Crippen molar-refractivity contribution in [1.29, 1.82) is 0 Å². The Morgan fingerprint density at radius 1 is 1.40 bits per heavy atom. The number of likely N-dealkylation sites (tertiary alicyclic amines) is 1. The van der Waals surface area contributed by atoms with E-state index in [2.05, 4.69) is 24.2 Å². The van der Waals surface area contributed by atoms with Crippen molar-refractivity contribution in [3.05, 3.63) is 23.8 Å². The molecule has 0 spiro atoms. The van der Waals surface area contributed by atoms with Crippen LogP contribution in [0.4, 0.5) is 0 Å². The highest BCUT2D eigenvalue weighted by Gasteiger charge is 2.17. The van der Waals surface area contributed by atoms with Gasteiger partial charge in [-0.15, -0.1) is 0 Å². The van der Waals surface area contributed by atoms with Crippen molar-refractivity contribution < 1.29 is 9.84 Å². The van der Waals surface area contributed by atoms with E-state index in [-0.39, 0.29) is 11.8 Å². The van der Waals surface area contributed by atoms with Crippen LogP contribution in [0.25, 0.3) is 0 Å². The molecule has 0 bridgehead atoms. The van der Waals surface area contributed by atoms with E-state index >= 15 is 0 Å². The van der Waals surface area contributed by atoms with Gasteiger partial charge in [0.1, 0.15) is 0 Å². The first-order chi connectivity index (χ1) is 9.60. The highest BCUT2D eigenvalue weighted by atomic mass is 16.5. The van der Waals surface area contributed by atoms with Crippen LogP contribution in [0.15, 0.2) is 18.2 Å². The topological polar surface area (TPSA) is 44.7 Å². The molecule has 1 fully saturated rings. The normalized spacial score (nSPS) is 18.9. The number of hydrogen-bond acceptors (Lipinski definition) is 4. The zero-order valence-corrected chi connectivity index (χ0v) is 12.7. The summed E-state index contributed by atoms with van der Waals surface area (Å²) in [6, 6.07) is 5.82. The van der Waals surface area contributed by atoms with Crippen molar-refractivity contribution in [3.63, 3.8) is 0 Å². The van der Waals surface area contributed by atoms with Crippen LogP contribution in [0, 0.1) is 5.92 Å². The molecule has 1 heterocycles. The number of methoxy groups -OCH3 is 1. The van der Waals surface area contributed by atoms with Crippen molar-refractivity contribution in [2.75, 3.05) is 33.8 Å². The maximum Gasteiger partial charge on any atom is 0.160 e. The van der Waals surface area contributed by atoms with E-state index in [4.69, 9.17) is 4.74 Å². The van der Waals surface area contributed by atoms with Gasteiger partial charge in [-0.2, -0.15) is 0 Å². The summed E-state index contributed by atoms with van der Waals surface area (Å²) >= 11 is 0. The third kappa shape index (κ3) is 3.87. The van der Waals surface area contributed by atoms with Gasteiger partial charge in [0.05, 0.1) is 7.11 Å². The van der Waals surface area contributed by atoms with Crippen LogP contribution in [0.5, 0.6) is 11.5 Å². The van der Waals surface area contributed by atoms with Crippen LogP contribution in [-0.4, -0.2) is 43.8 Å². The molecular formula is C16H26N2O2. The van der Waals surface area contributed by atoms with Crippen LogP contribution in [0.1, 0.15) is 31.4 Å². The van der Waals surface area contributed by atoms with Gasteiger partial charge in [-0.1, -0.05) is 6.07 Å². The predicted octanol–water partition coefficient (Wildman–Crippen LogP) is 2.39. The summed E-state index contributed by atoms with van der Waals surface area (Å²) in [6.45, 7) is 5.61. The molecule has 4 nitrogen and oxygen atoms in total. The molecule has 0 amide bonds. The minimum absolute atomic E-state index is 0.193. The van der Waals surface area contributed by atoms with E-state index in [1.54, 1.807) is 13.2 Å². The summed E-state index contributed by atoms with van der Waals surface area (Å²) in [4.78, 5) is 2.39. The minimum Gasteiger partial charge on any atom is -0.504 e. The van der Waals surface area contributed by atoms with E-state index in [0.29, 0.717) is 5.75 Å². The summed E-state index contributed by atoms with van der Waals surface area (Å²) in [6.07, 6.45) is 2.55. The number of rotatable bonds is 5. The standard InChI is InChI=1S/C16H26N2O2/c1-12(14-4-5-15(19)16(10-14)20-3)17-11-13-6-8-18(2)9-7-13/h4-5,10,12-13,17,19H,6-9,11H2,1-3H3. The Morgan fingerprint density at radius 2 is 2.10 bits per heavy atom. The van der Waals surface area contributed by atoms with Gasteiger partial charge in [-0.05, 0) is 70.1 Å². The summed E-state index contributed by atoms with van der Waals surface area (Å²) in [7, 11) is 3.77. The van der Waals surface area contributed by atoms with Crippen molar-refractivity contribution in [2.45, 2.75) is 25.8 Å². The number of aromatic hydroxyl groups is 1. The molecule has 0 aromatic heterocycles. The Morgan fingerprint density at radius 3 is 2.75 bits per heavy atom. The van der Waals surface area contributed by atoms with Crippen LogP contribution in [-0.2, 0) is 0 Å². The first-order valence-corrected chi connectivity index (χ1v) is 7.39. The van der Waals surface area contributed by atoms with Gasteiger partial charge >= 0.3 is 0 Å². The second kappa shape index (κ2) is 6.95. The molecule has 4 heteroatoms. The predicted molar refractivity (Wildman–Crippen MR) is 81.3 cm³/mol. The average Bonchev–Trinajstić information content (AvgIpc) is 2.47. The van der Waals surface area contributed by atoms with E-state index in [1.807, 2.05) is 12.1 Å². The zero-order valence-electron chi connectivity index (χ0n) is 12.7. The molecule has 1 aromatic carbocycles. The first-order valence-electron chi connectivity index (χ1n) is 7.39. The maximum absolute atomic E-state index is 9.63. The monoisotopic (exact) mass is 278 g/mol. The molecular weight excluding hydrogens is 252 g/mol. The number of nitrogens with one attached hydrogen (secondary N) is 1. The molecule has 1 atom stereocenters. The Balaban J connectivity index is 1.86. The van der Waals surface area contributed by atoms with E-state index < -0.39 is 0 Å². The zero-order chi connectivity index (χ0) is 14.5.